The highest BCUT2D eigenvalue weighted by atomic mass is 32.2. The number of carbonyl (C=O) groups is 1. The number of rotatable bonds is 6. The molecule has 3 aromatic rings. The lowest BCUT2D eigenvalue weighted by atomic mass is 10.1. The predicted octanol–water partition coefficient (Wildman–Crippen LogP) is 4.03. The van der Waals surface area contributed by atoms with Crippen molar-refractivity contribution in [2.24, 2.45) is 0 Å². The fourth-order valence-electron chi connectivity index (χ4n) is 2.73. The van der Waals surface area contributed by atoms with Crippen molar-refractivity contribution in [1.82, 2.24) is 19.7 Å². The zero-order valence-corrected chi connectivity index (χ0v) is 16.3. The third kappa shape index (κ3) is 4.36. The number of carbonyl (C=O) groups excluding carboxylic acids is 1. The summed E-state index contributed by atoms with van der Waals surface area (Å²) < 4.78 is 15.0. The van der Waals surface area contributed by atoms with Crippen molar-refractivity contribution < 1.29 is 9.18 Å². The van der Waals surface area contributed by atoms with Gasteiger partial charge in [-0.3, -0.25) is 9.36 Å². The second-order valence-electron chi connectivity index (χ2n) is 6.29. The fraction of sp³-hybridized carbons (Fsp3) is 0.250. The van der Waals surface area contributed by atoms with Gasteiger partial charge in [0.1, 0.15) is 12.1 Å². The normalized spacial score (nSPS) is 12.0. The van der Waals surface area contributed by atoms with Gasteiger partial charge in [0.15, 0.2) is 5.16 Å². The number of para-hydroxylation sites is 1. The van der Waals surface area contributed by atoms with Crippen LogP contribution in [0.4, 0.5) is 4.39 Å². The van der Waals surface area contributed by atoms with Gasteiger partial charge in [-0.05, 0) is 43.2 Å². The Hall–Kier alpha value is -2.67. The largest absolute Gasteiger partial charge is 0.338 e. The summed E-state index contributed by atoms with van der Waals surface area (Å²) in [5.74, 6) is -0.0748. The zero-order valence-electron chi connectivity index (χ0n) is 15.5. The van der Waals surface area contributed by atoms with Gasteiger partial charge in [-0.15, -0.1) is 10.2 Å². The molecule has 0 saturated heterocycles. The molecule has 0 spiro atoms. The Morgan fingerprint density at radius 1 is 1.22 bits per heavy atom. The molecule has 0 aliphatic carbocycles. The van der Waals surface area contributed by atoms with Crippen LogP contribution in [0.5, 0.6) is 0 Å². The van der Waals surface area contributed by atoms with Gasteiger partial charge in [-0.25, -0.2) is 4.39 Å². The van der Waals surface area contributed by atoms with E-state index < -0.39 is 0 Å². The number of thioether (sulfide) groups is 1. The van der Waals surface area contributed by atoms with Gasteiger partial charge in [-0.2, -0.15) is 0 Å². The summed E-state index contributed by atoms with van der Waals surface area (Å²) in [5.41, 5.74) is 2.98. The van der Waals surface area contributed by atoms with Crippen LogP contribution in [0.25, 0.3) is 5.69 Å². The Morgan fingerprint density at radius 3 is 2.63 bits per heavy atom. The number of aromatic nitrogens is 3. The SMILES string of the molecule is Cc1ccccc1-n1cnnc1SCC(=O)N(C)C(C)c1ccc(F)cc1. The molecular weight excluding hydrogens is 363 g/mol. The van der Waals surface area contributed by atoms with Gasteiger partial charge in [0.05, 0.1) is 17.5 Å². The average molecular weight is 384 g/mol. The third-order valence-electron chi connectivity index (χ3n) is 4.54. The average Bonchev–Trinajstić information content (AvgIpc) is 3.14. The van der Waals surface area contributed by atoms with E-state index in [9.17, 15) is 9.18 Å². The Balaban J connectivity index is 1.67. The molecule has 0 N–H and O–H groups in total. The van der Waals surface area contributed by atoms with Gasteiger partial charge < -0.3 is 4.90 Å². The molecule has 1 atom stereocenters. The van der Waals surface area contributed by atoms with Gasteiger partial charge in [0.2, 0.25) is 5.91 Å². The summed E-state index contributed by atoms with van der Waals surface area (Å²) in [4.78, 5) is 14.3. The lowest BCUT2D eigenvalue weighted by Gasteiger charge is -2.25. The quantitative estimate of drug-likeness (QED) is 0.602. The predicted molar refractivity (Wildman–Crippen MR) is 104 cm³/mol. The molecule has 0 radical (unpaired) electrons. The summed E-state index contributed by atoms with van der Waals surface area (Å²) in [7, 11) is 1.75. The van der Waals surface area contributed by atoms with E-state index in [4.69, 9.17) is 0 Å². The van der Waals surface area contributed by atoms with Gasteiger partial charge >= 0.3 is 0 Å². The third-order valence-corrected chi connectivity index (χ3v) is 5.47. The number of amides is 1. The van der Waals surface area contributed by atoms with E-state index >= 15 is 0 Å². The molecule has 0 bridgehead atoms. The lowest BCUT2D eigenvalue weighted by Crippen LogP contribution is -2.31. The molecule has 1 aromatic heterocycles. The van der Waals surface area contributed by atoms with E-state index in [-0.39, 0.29) is 23.5 Å². The number of halogens is 1. The van der Waals surface area contributed by atoms with E-state index in [2.05, 4.69) is 10.2 Å². The minimum atomic E-state index is -0.286. The minimum absolute atomic E-state index is 0.0313. The number of hydrogen-bond donors (Lipinski definition) is 0. The van der Waals surface area contributed by atoms with Gasteiger partial charge in [-0.1, -0.05) is 42.1 Å². The van der Waals surface area contributed by atoms with E-state index in [1.165, 1.54) is 23.9 Å². The standard InChI is InChI=1S/C20H21FN4OS/c1-14-6-4-5-7-18(14)25-13-22-23-20(25)27-12-19(26)24(3)15(2)16-8-10-17(21)11-9-16/h4-11,13,15H,12H2,1-3H3. The van der Waals surface area contributed by atoms with Crippen LogP contribution in [-0.2, 0) is 4.79 Å². The highest BCUT2D eigenvalue weighted by Crippen LogP contribution is 2.24. The topological polar surface area (TPSA) is 51.0 Å². The number of aryl methyl sites for hydroxylation is 1. The van der Waals surface area contributed by atoms with E-state index in [1.807, 2.05) is 42.7 Å². The maximum absolute atomic E-state index is 13.1. The smallest absolute Gasteiger partial charge is 0.233 e. The summed E-state index contributed by atoms with van der Waals surface area (Å²) in [6.07, 6.45) is 1.65. The molecule has 27 heavy (non-hydrogen) atoms. The maximum Gasteiger partial charge on any atom is 0.233 e. The molecule has 5 nitrogen and oxygen atoms in total. The van der Waals surface area contributed by atoms with Crippen LogP contribution in [-0.4, -0.2) is 38.4 Å². The van der Waals surface area contributed by atoms with Crippen LogP contribution in [0.3, 0.4) is 0 Å². The van der Waals surface area contributed by atoms with Crippen molar-refractivity contribution in [3.8, 4) is 5.69 Å². The van der Waals surface area contributed by atoms with Crippen LogP contribution in [0, 0.1) is 12.7 Å². The Labute approximate surface area is 162 Å². The van der Waals surface area contributed by atoms with Crippen LogP contribution in [0.2, 0.25) is 0 Å². The monoisotopic (exact) mass is 384 g/mol. The van der Waals surface area contributed by atoms with Crippen LogP contribution in [0.15, 0.2) is 60.0 Å². The van der Waals surface area contributed by atoms with Crippen LogP contribution < -0.4 is 0 Å². The van der Waals surface area contributed by atoms with E-state index in [0.717, 1.165) is 16.8 Å². The van der Waals surface area contributed by atoms with Crippen molar-refractivity contribution in [2.45, 2.75) is 25.0 Å². The molecule has 3 rings (SSSR count). The molecule has 7 heteroatoms. The summed E-state index contributed by atoms with van der Waals surface area (Å²) in [5, 5.41) is 8.79. The van der Waals surface area contributed by atoms with E-state index in [0.29, 0.717) is 5.16 Å². The number of benzene rings is 2. The molecule has 1 unspecified atom stereocenters. The highest BCUT2D eigenvalue weighted by molar-refractivity contribution is 7.99. The molecule has 140 valence electrons. The van der Waals surface area contributed by atoms with Gasteiger partial charge in [0, 0.05) is 7.05 Å². The number of nitrogens with zero attached hydrogens (tertiary/aromatic N) is 4. The first kappa shape index (κ1) is 19.1. The molecule has 0 aliphatic heterocycles. The first-order valence-corrected chi connectivity index (χ1v) is 9.56. The lowest BCUT2D eigenvalue weighted by molar-refractivity contribution is -0.128. The highest BCUT2D eigenvalue weighted by Gasteiger charge is 2.19. The molecule has 0 saturated carbocycles. The first-order valence-electron chi connectivity index (χ1n) is 8.57. The van der Waals surface area contributed by atoms with Crippen molar-refractivity contribution >= 4 is 17.7 Å². The van der Waals surface area contributed by atoms with Crippen molar-refractivity contribution in [3.63, 3.8) is 0 Å². The van der Waals surface area contributed by atoms with E-state index in [1.54, 1.807) is 30.4 Å². The molecule has 0 fully saturated rings. The van der Waals surface area contributed by atoms with Crippen molar-refractivity contribution in [3.05, 3.63) is 71.8 Å². The molecule has 0 aliphatic rings. The molecule has 1 heterocycles. The fourth-order valence-corrected chi connectivity index (χ4v) is 3.58. The second-order valence-corrected chi connectivity index (χ2v) is 7.23. The Bertz CT molecular complexity index is 926. The maximum atomic E-state index is 13.1. The van der Waals surface area contributed by atoms with Crippen molar-refractivity contribution in [1.29, 1.82) is 0 Å². The Kier molecular flexibility index (Phi) is 5.91. The van der Waals surface area contributed by atoms with Crippen LogP contribution in [0.1, 0.15) is 24.1 Å². The molecular formula is C20H21FN4OS. The number of hydrogen-bond acceptors (Lipinski definition) is 4. The summed E-state index contributed by atoms with van der Waals surface area (Å²) in [6, 6.07) is 14.0. The molecule has 2 aromatic carbocycles. The zero-order chi connectivity index (χ0) is 19.4. The molecule has 1 amide bonds. The Morgan fingerprint density at radius 2 is 1.93 bits per heavy atom. The minimum Gasteiger partial charge on any atom is -0.338 e. The summed E-state index contributed by atoms with van der Waals surface area (Å²) in [6.45, 7) is 3.94. The van der Waals surface area contributed by atoms with Gasteiger partial charge in [0.25, 0.3) is 0 Å². The second kappa shape index (κ2) is 8.35. The van der Waals surface area contributed by atoms with Crippen LogP contribution >= 0.6 is 11.8 Å². The van der Waals surface area contributed by atoms with Crippen molar-refractivity contribution in [2.75, 3.05) is 12.8 Å². The first-order chi connectivity index (χ1) is 13.0. The summed E-state index contributed by atoms with van der Waals surface area (Å²) >= 11 is 1.35.